The van der Waals surface area contributed by atoms with Crippen molar-refractivity contribution < 1.29 is 26.3 Å². The fourth-order valence-corrected chi connectivity index (χ4v) is 7.80. The minimum absolute atomic E-state index is 0.108. The lowest BCUT2D eigenvalue weighted by Gasteiger charge is -2.21. The number of nitrogens with zero attached hydrogens (tertiary/aromatic N) is 3. The predicted octanol–water partition coefficient (Wildman–Crippen LogP) is 13.4. The molecule has 2 heterocycles. The molecule has 0 fully saturated rings. The van der Waals surface area contributed by atoms with Crippen molar-refractivity contribution in [2.75, 3.05) is 0 Å². The quantitative estimate of drug-likeness (QED) is 0.129. The highest BCUT2D eigenvalue weighted by molar-refractivity contribution is 6.14. The van der Waals surface area contributed by atoms with Crippen LogP contribution in [0.5, 0.6) is 0 Å². The van der Waals surface area contributed by atoms with Gasteiger partial charge >= 0.3 is 12.4 Å². The predicted molar refractivity (Wildman–Crippen MR) is 196 cm³/mol. The van der Waals surface area contributed by atoms with E-state index < -0.39 is 23.5 Å². The molecule has 52 heavy (non-hydrogen) atoms. The fraction of sp³-hybridized carbons (Fsp3) is 0.140. The Morgan fingerprint density at radius 2 is 0.846 bits per heavy atom. The van der Waals surface area contributed by atoms with Crippen LogP contribution in [0.25, 0.3) is 71.0 Å². The molecule has 0 radical (unpaired) electrons. The van der Waals surface area contributed by atoms with Gasteiger partial charge in [-0.1, -0.05) is 48.5 Å². The molecule has 258 valence electrons. The minimum atomic E-state index is -5.06. The molecule has 0 unspecified atom stereocenters. The summed E-state index contributed by atoms with van der Waals surface area (Å²) < 4.78 is 89.9. The zero-order chi connectivity index (χ0) is 36.9. The number of fused-ring (bicyclic) bond motifs is 6. The van der Waals surface area contributed by atoms with Gasteiger partial charge in [0.1, 0.15) is 0 Å². The molecule has 0 aliphatic heterocycles. The third-order valence-electron chi connectivity index (χ3n) is 10.1. The summed E-state index contributed by atoms with van der Waals surface area (Å²) in [6, 6.07) is 27.8. The zero-order valence-electron chi connectivity index (χ0n) is 28.4. The highest BCUT2D eigenvalue weighted by Gasteiger charge is 2.37. The van der Waals surface area contributed by atoms with Crippen LogP contribution < -0.4 is 0 Å². The maximum atomic E-state index is 14.4. The molecule has 2 aromatic heterocycles. The Hall–Kier alpha value is -6.01. The van der Waals surface area contributed by atoms with E-state index in [-0.39, 0.29) is 28.6 Å². The van der Waals surface area contributed by atoms with Crippen LogP contribution in [-0.2, 0) is 12.4 Å². The largest absolute Gasteiger partial charge is 0.416 e. The Morgan fingerprint density at radius 1 is 0.481 bits per heavy atom. The van der Waals surface area contributed by atoms with Gasteiger partial charge in [-0.05, 0) is 110 Å². The summed E-state index contributed by atoms with van der Waals surface area (Å²) in [5.74, 6) is 0. The van der Waals surface area contributed by atoms with Gasteiger partial charge in [-0.2, -0.15) is 26.3 Å². The van der Waals surface area contributed by atoms with Gasteiger partial charge in [0.2, 0.25) is 5.69 Å². The number of halogens is 6. The number of benzene rings is 6. The van der Waals surface area contributed by atoms with Gasteiger partial charge in [0.25, 0.3) is 0 Å². The molecule has 0 aliphatic rings. The first-order valence-electron chi connectivity index (χ1n) is 16.5. The molecular weight excluding hydrogens is 672 g/mol. The molecule has 0 spiro atoms. The molecule has 3 nitrogen and oxygen atoms in total. The first-order chi connectivity index (χ1) is 24.7. The van der Waals surface area contributed by atoms with Crippen LogP contribution in [-0.4, -0.2) is 9.13 Å². The van der Waals surface area contributed by atoms with Gasteiger partial charge < -0.3 is 9.13 Å². The molecule has 0 bridgehead atoms. The second-order valence-electron chi connectivity index (χ2n) is 13.3. The van der Waals surface area contributed by atoms with Crippen molar-refractivity contribution in [1.29, 1.82) is 0 Å². The average molecular weight is 702 g/mol. The molecule has 6 aromatic carbocycles. The van der Waals surface area contributed by atoms with Crippen LogP contribution in [0.3, 0.4) is 0 Å². The van der Waals surface area contributed by atoms with Crippen LogP contribution >= 0.6 is 0 Å². The first-order valence-corrected chi connectivity index (χ1v) is 16.5. The van der Waals surface area contributed by atoms with Crippen molar-refractivity contribution in [3.8, 4) is 22.5 Å². The Balaban J connectivity index is 1.59. The Kier molecular flexibility index (Phi) is 7.33. The lowest BCUT2D eigenvalue weighted by molar-refractivity contribution is -0.143. The number of rotatable bonds is 3. The summed E-state index contributed by atoms with van der Waals surface area (Å²) in [6.45, 7) is 16.3. The van der Waals surface area contributed by atoms with Crippen molar-refractivity contribution in [2.45, 2.75) is 40.0 Å². The summed E-state index contributed by atoms with van der Waals surface area (Å²) in [5, 5.41) is 3.71. The maximum Gasteiger partial charge on any atom is 0.416 e. The normalized spacial score (nSPS) is 12.4. The van der Waals surface area contributed by atoms with Gasteiger partial charge in [-0.15, -0.1) is 0 Å². The van der Waals surface area contributed by atoms with Crippen LogP contribution in [0, 0.1) is 34.3 Å². The van der Waals surface area contributed by atoms with E-state index in [0.29, 0.717) is 16.7 Å². The zero-order valence-corrected chi connectivity index (χ0v) is 28.4. The summed E-state index contributed by atoms with van der Waals surface area (Å²) in [4.78, 5) is 3.95. The molecule has 0 atom stereocenters. The summed E-state index contributed by atoms with van der Waals surface area (Å²) in [6.07, 6.45) is -10.1. The summed E-state index contributed by atoms with van der Waals surface area (Å²) in [7, 11) is 0. The molecule has 0 saturated carbocycles. The van der Waals surface area contributed by atoms with Crippen molar-refractivity contribution in [3.63, 3.8) is 0 Å². The van der Waals surface area contributed by atoms with Gasteiger partial charge in [0.15, 0.2) is 0 Å². The third-order valence-corrected chi connectivity index (χ3v) is 10.1. The van der Waals surface area contributed by atoms with Gasteiger partial charge in [-0.25, -0.2) is 4.85 Å². The third kappa shape index (κ3) is 4.96. The Labute approximate surface area is 294 Å². The van der Waals surface area contributed by atoms with E-state index >= 15 is 0 Å². The van der Waals surface area contributed by atoms with Gasteiger partial charge in [0.05, 0.1) is 45.5 Å². The fourth-order valence-electron chi connectivity index (χ4n) is 7.80. The lowest BCUT2D eigenvalue weighted by Crippen LogP contribution is -2.11. The maximum absolute atomic E-state index is 14.4. The van der Waals surface area contributed by atoms with E-state index in [4.69, 9.17) is 6.57 Å². The van der Waals surface area contributed by atoms with E-state index in [0.717, 1.165) is 67.0 Å². The number of aromatic nitrogens is 2. The highest BCUT2D eigenvalue weighted by atomic mass is 19.4. The molecule has 8 aromatic rings. The molecular formula is C43H29F6N3. The van der Waals surface area contributed by atoms with E-state index in [1.165, 1.54) is 0 Å². The second-order valence-corrected chi connectivity index (χ2v) is 13.3. The lowest BCUT2D eigenvalue weighted by atomic mass is 9.96. The SMILES string of the molecule is [C-]#[N+]c1cc(-n2c3cccc(C)c3c3c(C)cccc32)c(-c2cc(C(F)(F)F)cc(C(F)(F)F)c2)cc1-n1c2cccc(C)c2c2c(C)cccc21. The van der Waals surface area contributed by atoms with E-state index in [9.17, 15) is 26.3 Å². The molecule has 0 aliphatic carbocycles. The van der Waals surface area contributed by atoms with Crippen LogP contribution in [0.2, 0.25) is 0 Å². The van der Waals surface area contributed by atoms with Crippen molar-refractivity contribution in [3.05, 3.63) is 148 Å². The van der Waals surface area contributed by atoms with Crippen molar-refractivity contribution >= 4 is 49.3 Å². The number of aryl methyl sites for hydroxylation is 4. The summed E-state index contributed by atoms with van der Waals surface area (Å²) in [5.41, 5.74) is 4.60. The Bertz CT molecular complexity index is 2670. The van der Waals surface area contributed by atoms with Crippen LogP contribution in [0.1, 0.15) is 33.4 Å². The minimum Gasteiger partial charge on any atom is -0.319 e. The molecule has 0 amide bonds. The van der Waals surface area contributed by atoms with E-state index in [2.05, 4.69) is 4.85 Å². The summed E-state index contributed by atoms with van der Waals surface area (Å²) >= 11 is 0. The number of hydrogen-bond donors (Lipinski definition) is 0. The van der Waals surface area contributed by atoms with Crippen molar-refractivity contribution in [2.24, 2.45) is 0 Å². The smallest absolute Gasteiger partial charge is 0.319 e. The topological polar surface area (TPSA) is 14.2 Å². The number of hydrogen-bond acceptors (Lipinski definition) is 0. The van der Waals surface area contributed by atoms with Gasteiger partial charge in [-0.3, -0.25) is 0 Å². The van der Waals surface area contributed by atoms with Crippen LogP contribution in [0.4, 0.5) is 32.0 Å². The average Bonchev–Trinajstić information content (AvgIpc) is 3.63. The van der Waals surface area contributed by atoms with E-state index in [1.807, 2.05) is 110 Å². The first kappa shape index (κ1) is 33.2. The van der Waals surface area contributed by atoms with Gasteiger partial charge in [0, 0.05) is 32.8 Å². The van der Waals surface area contributed by atoms with E-state index in [1.54, 1.807) is 12.1 Å². The molecule has 0 N–H and O–H groups in total. The van der Waals surface area contributed by atoms with Crippen molar-refractivity contribution in [1.82, 2.24) is 9.13 Å². The second kappa shape index (κ2) is 11.5. The monoisotopic (exact) mass is 701 g/mol. The molecule has 0 saturated heterocycles. The standard InChI is InChI=1S/C43H29F6N3/c1-23-10-6-14-32-38(23)39-24(2)11-7-15-33(39)51(32)36-22-31(50-5)37(21-30(36)27-18-28(42(44,45)46)20-29(19-27)43(47,48)49)52-34-16-8-12-25(3)40(34)41-26(4)13-9-17-35(41)52/h6-22H,1-4H3. The Morgan fingerprint density at radius 3 is 1.19 bits per heavy atom. The molecule has 9 heteroatoms. The highest BCUT2D eigenvalue weighted by Crippen LogP contribution is 2.46. The molecule has 8 rings (SSSR count). The van der Waals surface area contributed by atoms with Crippen LogP contribution in [0.15, 0.2) is 103 Å². The number of alkyl halides is 6.